The Kier molecular flexibility index (Phi) is 4.85. The third kappa shape index (κ3) is 3.57. The van der Waals surface area contributed by atoms with Gasteiger partial charge in [0.25, 0.3) is 0 Å². The Bertz CT molecular complexity index is 1770. The zero-order valence-electron chi connectivity index (χ0n) is 19.0. The topological polar surface area (TPSA) is 157 Å². The molecule has 12 nitrogen and oxygen atoms in total. The van der Waals surface area contributed by atoms with Gasteiger partial charge in [-0.2, -0.15) is 0 Å². The molecule has 4 aromatic heterocycles. The Morgan fingerprint density at radius 3 is 2.75 bits per heavy atom. The minimum absolute atomic E-state index is 0.0916. The van der Waals surface area contributed by atoms with Crippen LogP contribution >= 0.6 is 0 Å². The number of anilines is 1. The van der Waals surface area contributed by atoms with Crippen LogP contribution < -0.4 is 10.5 Å². The van der Waals surface area contributed by atoms with E-state index >= 15 is 0 Å². The lowest BCUT2D eigenvalue weighted by Gasteiger charge is -2.09. The van der Waals surface area contributed by atoms with Gasteiger partial charge in [-0.15, -0.1) is 0 Å². The van der Waals surface area contributed by atoms with Crippen molar-refractivity contribution in [2.45, 2.75) is 6.92 Å². The van der Waals surface area contributed by atoms with Gasteiger partial charge in [0.05, 0.1) is 30.1 Å². The van der Waals surface area contributed by atoms with Crippen LogP contribution in [0.5, 0.6) is 11.6 Å². The lowest BCUT2D eigenvalue weighted by Crippen LogP contribution is -2.01. The fraction of sp³-hybridized carbons (Fsp3) is 0.0833. The van der Waals surface area contributed by atoms with E-state index in [2.05, 4.69) is 25.3 Å². The lowest BCUT2D eigenvalue weighted by atomic mass is 10.2. The number of fused-ring (bicyclic) bond motifs is 2. The molecule has 0 fully saturated rings. The van der Waals surface area contributed by atoms with Gasteiger partial charge in [0.1, 0.15) is 16.8 Å². The summed E-state index contributed by atoms with van der Waals surface area (Å²) in [5.74, 6) is 1.27. The van der Waals surface area contributed by atoms with Crippen LogP contribution in [0.2, 0.25) is 0 Å². The van der Waals surface area contributed by atoms with Crippen molar-refractivity contribution in [1.29, 1.82) is 0 Å². The number of aryl methyl sites for hydroxylation is 1. The van der Waals surface area contributed by atoms with Crippen molar-refractivity contribution < 1.29 is 23.3 Å². The van der Waals surface area contributed by atoms with E-state index in [1.165, 1.54) is 7.11 Å². The summed E-state index contributed by atoms with van der Waals surface area (Å²) in [6.07, 6.45) is 1.57. The molecule has 0 bridgehead atoms. The molecule has 0 aliphatic heterocycles. The van der Waals surface area contributed by atoms with E-state index in [1.807, 2.05) is 22.8 Å². The summed E-state index contributed by atoms with van der Waals surface area (Å²) in [7, 11) is 1.32. The van der Waals surface area contributed by atoms with Crippen LogP contribution in [-0.4, -0.2) is 42.9 Å². The van der Waals surface area contributed by atoms with Gasteiger partial charge < -0.3 is 19.6 Å². The van der Waals surface area contributed by atoms with Gasteiger partial charge in [-0.3, -0.25) is 4.57 Å². The number of nitrogens with two attached hydrogens (primary N) is 1. The summed E-state index contributed by atoms with van der Waals surface area (Å²) in [4.78, 5) is 25.4. The van der Waals surface area contributed by atoms with Gasteiger partial charge in [-0.05, 0) is 46.7 Å². The second-order valence-electron chi connectivity index (χ2n) is 7.79. The average molecular weight is 483 g/mol. The number of nitrogens with zero attached hydrogens (tertiary/aromatic N) is 6. The maximum atomic E-state index is 11.9. The Labute approximate surface area is 202 Å². The molecule has 0 aliphatic carbocycles. The van der Waals surface area contributed by atoms with Crippen molar-refractivity contribution in [2.24, 2.45) is 0 Å². The average Bonchev–Trinajstić information content (AvgIpc) is 3.58. The van der Waals surface area contributed by atoms with E-state index in [-0.39, 0.29) is 17.4 Å². The van der Waals surface area contributed by atoms with Crippen LogP contribution in [0, 0.1) is 6.92 Å². The van der Waals surface area contributed by atoms with Crippen molar-refractivity contribution in [1.82, 2.24) is 29.8 Å². The number of methoxy groups -OCH3 is 1. The number of hydrogen-bond donors (Lipinski definition) is 1. The first-order valence-corrected chi connectivity index (χ1v) is 10.7. The molecular formula is C24H17N7O5. The summed E-state index contributed by atoms with van der Waals surface area (Å²) >= 11 is 0. The number of esters is 1. The zero-order valence-corrected chi connectivity index (χ0v) is 19.0. The number of pyridine rings is 1. The van der Waals surface area contributed by atoms with E-state index in [0.29, 0.717) is 45.2 Å². The highest BCUT2D eigenvalue weighted by atomic mass is 16.6. The Morgan fingerprint density at radius 2 is 1.94 bits per heavy atom. The standard InChI is InChI=1S/C24H17N7O5/c1-12-27-16-9-14(6-7-19(16)34-12)31-18-10-20(35-15-5-3-4-13(8-15)24(32)33-2)26-11-17(18)28-23(31)21-22(25)30-36-29-21/h3-11H,1-2H3,(H2,25,30). The predicted molar refractivity (Wildman–Crippen MR) is 127 cm³/mol. The first kappa shape index (κ1) is 21.3. The maximum Gasteiger partial charge on any atom is 0.337 e. The molecule has 6 rings (SSSR count). The molecule has 0 amide bonds. The molecule has 0 saturated carbocycles. The van der Waals surface area contributed by atoms with Crippen molar-refractivity contribution in [3.63, 3.8) is 0 Å². The number of carbonyl (C=O) groups is 1. The van der Waals surface area contributed by atoms with Gasteiger partial charge >= 0.3 is 5.97 Å². The van der Waals surface area contributed by atoms with Crippen molar-refractivity contribution in [2.75, 3.05) is 12.8 Å². The molecule has 6 aromatic rings. The molecule has 36 heavy (non-hydrogen) atoms. The molecule has 0 spiro atoms. The van der Waals surface area contributed by atoms with Gasteiger partial charge in [0.15, 0.2) is 28.8 Å². The third-order valence-corrected chi connectivity index (χ3v) is 5.46. The largest absolute Gasteiger partial charge is 0.465 e. The van der Waals surface area contributed by atoms with E-state index < -0.39 is 5.97 Å². The number of rotatable bonds is 5. The van der Waals surface area contributed by atoms with Gasteiger partial charge in [-0.1, -0.05) is 6.07 Å². The number of benzene rings is 2. The first-order chi connectivity index (χ1) is 17.5. The monoisotopic (exact) mass is 483 g/mol. The van der Waals surface area contributed by atoms with Crippen molar-refractivity contribution >= 4 is 33.9 Å². The highest BCUT2D eigenvalue weighted by Crippen LogP contribution is 2.33. The van der Waals surface area contributed by atoms with E-state index in [1.54, 1.807) is 43.5 Å². The fourth-order valence-corrected chi connectivity index (χ4v) is 3.88. The Morgan fingerprint density at radius 1 is 1.06 bits per heavy atom. The molecule has 2 aromatic carbocycles. The molecule has 0 unspecified atom stereocenters. The number of imidazole rings is 1. The molecule has 0 atom stereocenters. The minimum atomic E-state index is -0.469. The molecule has 0 saturated heterocycles. The number of nitrogen functional groups attached to an aromatic ring is 1. The maximum absolute atomic E-state index is 11.9. The van der Waals surface area contributed by atoms with Crippen LogP contribution in [0.25, 0.3) is 39.3 Å². The molecule has 0 aliphatic rings. The summed E-state index contributed by atoms with van der Waals surface area (Å²) < 4.78 is 23.0. The number of carbonyl (C=O) groups excluding carboxylic acids is 1. The van der Waals surface area contributed by atoms with Crippen molar-refractivity contribution in [3.8, 4) is 28.8 Å². The first-order valence-electron chi connectivity index (χ1n) is 10.7. The number of ether oxygens (including phenoxy) is 2. The van der Waals surface area contributed by atoms with Crippen LogP contribution in [-0.2, 0) is 4.74 Å². The number of hydrogen-bond acceptors (Lipinski definition) is 11. The number of aromatic nitrogens is 6. The highest BCUT2D eigenvalue weighted by molar-refractivity contribution is 5.90. The summed E-state index contributed by atoms with van der Waals surface area (Å²) in [6, 6.07) is 13.9. The zero-order chi connectivity index (χ0) is 24.8. The van der Waals surface area contributed by atoms with Crippen LogP contribution in [0.4, 0.5) is 5.82 Å². The molecule has 12 heteroatoms. The van der Waals surface area contributed by atoms with Gasteiger partial charge in [0.2, 0.25) is 5.88 Å². The molecule has 0 radical (unpaired) electrons. The van der Waals surface area contributed by atoms with Gasteiger partial charge in [-0.25, -0.2) is 24.4 Å². The normalized spacial score (nSPS) is 11.3. The third-order valence-electron chi connectivity index (χ3n) is 5.46. The second-order valence-corrected chi connectivity index (χ2v) is 7.79. The van der Waals surface area contributed by atoms with E-state index in [4.69, 9.17) is 24.3 Å². The molecule has 2 N–H and O–H groups in total. The fourth-order valence-electron chi connectivity index (χ4n) is 3.88. The molecular weight excluding hydrogens is 466 g/mol. The predicted octanol–water partition coefficient (Wildman–Crippen LogP) is 4.08. The number of oxazole rings is 1. The molecule has 178 valence electrons. The van der Waals surface area contributed by atoms with Crippen molar-refractivity contribution in [3.05, 3.63) is 66.2 Å². The summed E-state index contributed by atoms with van der Waals surface area (Å²) in [5.41, 5.74) is 9.88. The Hall–Kier alpha value is -5.26. The summed E-state index contributed by atoms with van der Waals surface area (Å²) in [5, 5.41) is 7.62. The van der Waals surface area contributed by atoms with Crippen LogP contribution in [0.15, 0.2) is 63.8 Å². The summed E-state index contributed by atoms with van der Waals surface area (Å²) in [6.45, 7) is 1.78. The second kappa shape index (κ2) is 8.20. The van der Waals surface area contributed by atoms with Crippen LogP contribution in [0.3, 0.4) is 0 Å². The minimum Gasteiger partial charge on any atom is -0.465 e. The quantitative estimate of drug-likeness (QED) is 0.352. The Balaban J connectivity index is 1.51. The van der Waals surface area contributed by atoms with Gasteiger partial charge in [0, 0.05) is 13.0 Å². The molecule has 4 heterocycles. The smallest absolute Gasteiger partial charge is 0.337 e. The lowest BCUT2D eigenvalue weighted by molar-refractivity contribution is 0.0600. The van der Waals surface area contributed by atoms with E-state index in [0.717, 1.165) is 5.69 Å². The SMILES string of the molecule is COC(=O)c1cccc(Oc2cc3c(cn2)nc(-c2nonc2N)n3-c2ccc3oc(C)nc3c2)c1. The highest BCUT2D eigenvalue weighted by Gasteiger charge is 2.22. The van der Waals surface area contributed by atoms with E-state index in [9.17, 15) is 4.79 Å². The van der Waals surface area contributed by atoms with Crippen LogP contribution in [0.1, 0.15) is 16.2 Å².